The molecule has 0 saturated carbocycles. The molecule has 0 spiro atoms. The molecule has 0 radical (unpaired) electrons. The van der Waals surface area contributed by atoms with E-state index in [0.29, 0.717) is 0 Å². The summed E-state index contributed by atoms with van der Waals surface area (Å²) >= 11 is 0. The van der Waals surface area contributed by atoms with Gasteiger partial charge in [0.2, 0.25) is 0 Å². The molecule has 3 rings (SSSR count). The average Bonchev–Trinajstić information content (AvgIpc) is 2.59. The summed E-state index contributed by atoms with van der Waals surface area (Å²) in [6.45, 7) is 0.154. The van der Waals surface area contributed by atoms with Gasteiger partial charge in [0.15, 0.2) is 0 Å². The molecule has 0 unspecified atom stereocenters. The van der Waals surface area contributed by atoms with Crippen molar-refractivity contribution in [3.8, 4) is 0 Å². The smallest absolute Gasteiger partial charge is 0.109 e. The number of hydrogen-bond acceptors (Lipinski definition) is 3. The van der Waals surface area contributed by atoms with Crippen molar-refractivity contribution in [3.05, 3.63) is 95.6 Å². The van der Waals surface area contributed by atoms with Gasteiger partial charge < -0.3 is 5.32 Å². The lowest BCUT2D eigenvalue weighted by Gasteiger charge is -2.13. The van der Waals surface area contributed by atoms with Gasteiger partial charge in [-0.1, -0.05) is 60.7 Å². The molecular formula is C20H19NO2. The molecule has 3 nitrogen and oxygen atoms in total. The molecule has 3 aromatic rings. The summed E-state index contributed by atoms with van der Waals surface area (Å²) in [5.41, 5.74) is 5.33. The van der Waals surface area contributed by atoms with Gasteiger partial charge in [0.1, 0.15) is 6.61 Å². The van der Waals surface area contributed by atoms with Crippen molar-refractivity contribution < 1.29 is 10.1 Å². The number of para-hydroxylation sites is 1. The van der Waals surface area contributed by atoms with Crippen LogP contribution >= 0.6 is 0 Å². The highest BCUT2D eigenvalue weighted by molar-refractivity contribution is 5.64. The Kier molecular flexibility index (Phi) is 5.04. The average molecular weight is 305 g/mol. The highest BCUT2D eigenvalue weighted by atomic mass is 17.1. The van der Waals surface area contributed by atoms with E-state index in [0.717, 1.165) is 23.4 Å². The van der Waals surface area contributed by atoms with Gasteiger partial charge in [-0.15, -0.1) is 0 Å². The minimum absolute atomic E-state index is 0.154. The summed E-state index contributed by atoms with van der Waals surface area (Å²) < 4.78 is 0. The van der Waals surface area contributed by atoms with Crippen LogP contribution in [0.5, 0.6) is 0 Å². The molecule has 0 heterocycles. The summed E-state index contributed by atoms with van der Waals surface area (Å²) in [7, 11) is 0. The Hall–Kier alpha value is -2.62. The number of benzene rings is 3. The molecule has 0 aromatic heterocycles. The van der Waals surface area contributed by atoms with Crippen molar-refractivity contribution in [2.24, 2.45) is 0 Å². The summed E-state index contributed by atoms with van der Waals surface area (Å²) in [6.07, 6.45) is 0.866. The maximum absolute atomic E-state index is 8.79. The van der Waals surface area contributed by atoms with E-state index in [1.54, 1.807) is 0 Å². The molecule has 0 aliphatic heterocycles. The summed E-state index contributed by atoms with van der Waals surface area (Å²) in [5.74, 6) is 0. The lowest BCUT2D eigenvalue weighted by atomic mass is 10.0. The van der Waals surface area contributed by atoms with Crippen molar-refractivity contribution in [2.75, 3.05) is 5.32 Å². The quantitative estimate of drug-likeness (QED) is 0.497. The molecule has 0 aliphatic carbocycles. The summed E-state index contributed by atoms with van der Waals surface area (Å²) in [5, 5.41) is 12.2. The molecular weight excluding hydrogens is 286 g/mol. The zero-order valence-corrected chi connectivity index (χ0v) is 12.8. The van der Waals surface area contributed by atoms with Crippen molar-refractivity contribution in [1.82, 2.24) is 0 Å². The molecule has 0 bridgehead atoms. The third kappa shape index (κ3) is 4.19. The fraction of sp³-hybridized carbons (Fsp3) is 0.100. The Morgan fingerprint density at radius 1 is 0.783 bits per heavy atom. The Morgan fingerprint density at radius 3 is 2.17 bits per heavy atom. The van der Waals surface area contributed by atoms with Gasteiger partial charge in [-0.2, -0.15) is 0 Å². The molecule has 116 valence electrons. The van der Waals surface area contributed by atoms with Crippen LogP contribution in [0.3, 0.4) is 0 Å². The predicted molar refractivity (Wildman–Crippen MR) is 92.8 cm³/mol. The first-order valence-corrected chi connectivity index (χ1v) is 7.59. The van der Waals surface area contributed by atoms with Crippen molar-refractivity contribution in [3.63, 3.8) is 0 Å². The van der Waals surface area contributed by atoms with Crippen LogP contribution in [-0.4, -0.2) is 5.26 Å². The molecule has 0 fully saturated rings. The monoisotopic (exact) mass is 305 g/mol. The van der Waals surface area contributed by atoms with Crippen molar-refractivity contribution in [1.29, 1.82) is 0 Å². The first kappa shape index (κ1) is 15.3. The van der Waals surface area contributed by atoms with Crippen LogP contribution in [0.25, 0.3) is 0 Å². The van der Waals surface area contributed by atoms with E-state index < -0.39 is 0 Å². The van der Waals surface area contributed by atoms with E-state index in [2.05, 4.69) is 34.5 Å². The fourth-order valence-electron chi connectivity index (χ4n) is 2.55. The second-order valence-electron chi connectivity index (χ2n) is 5.42. The van der Waals surface area contributed by atoms with E-state index >= 15 is 0 Å². The predicted octanol–water partition coefficient (Wildman–Crippen LogP) is 5.01. The van der Waals surface area contributed by atoms with Crippen LogP contribution in [-0.2, 0) is 17.9 Å². The molecule has 2 N–H and O–H groups in total. The third-order valence-electron chi connectivity index (χ3n) is 3.70. The molecule has 0 atom stereocenters. The largest absolute Gasteiger partial charge is 0.355 e. The van der Waals surface area contributed by atoms with Gasteiger partial charge in [0, 0.05) is 16.9 Å². The van der Waals surface area contributed by atoms with Gasteiger partial charge in [0.25, 0.3) is 0 Å². The van der Waals surface area contributed by atoms with Crippen LogP contribution < -0.4 is 5.32 Å². The molecule has 0 aliphatic rings. The van der Waals surface area contributed by atoms with Crippen LogP contribution in [0.2, 0.25) is 0 Å². The molecule has 0 amide bonds. The van der Waals surface area contributed by atoms with E-state index in [1.807, 2.05) is 54.6 Å². The molecule has 23 heavy (non-hydrogen) atoms. The Morgan fingerprint density at radius 2 is 1.48 bits per heavy atom. The van der Waals surface area contributed by atoms with E-state index in [-0.39, 0.29) is 6.61 Å². The number of hydrogen-bond donors (Lipinski definition) is 2. The zero-order chi connectivity index (χ0) is 15.9. The van der Waals surface area contributed by atoms with Crippen molar-refractivity contribution >= 4 is 11.4 Å². The second-order valence-corrected chi connectivity index (χ2v) is 5.42. The van der Waals surface area contributed by atoms with E-state index in [1.165, 1.54) is 11.1 Å². The molecule has 3 aromatic carbocycles. The Labute approximate surface area is 136 Å². The van der Waals surface area contributed by atoms with Gasteiger partial charge in [-0.25, -0.2) is 4.89 Å². The summed E-state index contributed by atoms with van der Waals surface area (Å²) in [6, 6.07) is 26.5. The molecule has 3 heteroatoms. The van der Waals surface area contributed by atoms with Crippen LogP contribution in [0, 0.1) is 0 Å². The van der Waals surface area contributed by atoms with Gasteiger partial charge in [-0.05, 0) is 35.7 Å². The van der Waals surface area contributed by atoms with Crippen molar-refractivity contribution in [2.45, 2.75) is 13.0 Å². The highest BCUT2D eigenvalue weighted by Gasteiger charge is 2.06. The highest BCUT2D eigenvalue weighted by Crippen LogP contribution is 2.24. The van der Waals surface area contributed by atoms with Gasteiger partial charge in [-0.3, -0.25) is 5.26 Å². The van der Waals surface area contributed by atoms with E-state index in [4.69, 9.17) is 5.26 Å². The Bertz CT molecular complexity index is 742. The number of anilines is 2. The minimum atomic E-state index is 0.154. The molecule has 0 saturated heterocycles. The first-order chi connectivity index (χ1) is 11.3. The van der Waals surface area contributed by atoms with Gasteiger partial charge in [0.05, 0.1) is 0 Å². The van der Waals surface area contributed by atoms with Gasteiger partial charge >= 0.3 is 0 Å². The number of rotatable bonds is 6. The minimum Gasteiger partial charge on any atom is -0.355 e. The standard InChI is InChI=1S/C20H19NO2/c22-23-15-18-12-11-17(13-16-7-3-1-4-8-16)14-20(18)21-19-9-5-2-6-10-19/h1-12,14,21-22H,13,15H2. The Balaban J connectivity index is 1.86. The maximum Gasteiger partial charge on any atom is 0.109 e. The SMILES string of the molecule is OOCc1ccc(Cc2ccccc2)cc1Nc1ccccc1. The first-order valence-electron chi connectivity index (χ1n) is 7.59. The van der Waals surface area contributed by atoms with Crippen LogP contribution in [0.1, 0.15) is 16.7 Å². The fourth-order valence-corrected chi connectivity index (χ4v) is 2.55. The number of nitrogens with one attached hydrogen (secondary N) is 1. The summed E-state index contributed by atoms with van der Waals surface area (Å²) in [4.78, 5) is 4.32. The third-order valence-corrected chi connectivity index (χ3v) is 3.70. The van der Waals surface area contributed by atoms with Crippen LogP contribution in [0.15, 0.2) is 78.9 Å². The zero-order valence-electron chi connectivity index (χ0n) is 12.8. The topological polar surface area (TPSA) is 41.5 Å². The van der Waals surface area contributed by atoms with E-state index in [9.17, 15) is 0 Å². The normalized spacial score (nSPS) is 10.5. The van der Waals surface area contributed by atoms with Crippen LogP contribution in [0.4, 0.5) is 11.4 Å². The maximum atomic E-state index is 8.79. The second kappa shape index (κ2) is 7.58. The lowest BCUT2D eigenvalue weighted by Crippen LogP contribution is -1.99. The lowest BCUT2D eigenvalue weighted by molar-refractivity contribution is -0.252.